The predicted octanol–water partition coefficient (Wildman–Crippen LogP) is 2.69. The zero-order chi connectivity index (χ0) is 18.9. The van der Waals surface area contributed by atoms with Gasteiger partial charge in [0.1, 0.15) is 5.75 Å². The molecule has 0 aromatic heterocycles. The summed E-state index contributed by atoms with van der Waals surface area (Å²) in [5.41, 5.74) is 3.64. The molecule has 1 fully saturated rings. The zero-order valence-electron chi connectivity index (χ0n) is 15.7. The molecule has 0 atom stereocenters. The lowest BCUT2D eigenvalue weighted by atomic mass is 10.1. The lowest BCUT2D eigenvalue weighted by Gasteiger charge is -2.34. The molecule has 1 aliphatic heterocycles. The second-order valence-corrected chi connectivity index (χ2v) is 9.21. The Hall–Kier alpha value is -1.89. The van der Waals surface area contributed by atoms with Gasteiger partial charge in [0.2, 0.25) is 10.0 Å². The molecular weight excluding hydrogens is 360 g/mol. The molecule has 1 saturated heterocycles. The Morgan fingerprint density at radius 1 is 0.963 bits per heavy atom. The number of rotatable bonds is 5. The number of piperazine rings is 1. The number of ether oxygens (including phenoxy) is 1. The maximum absolute atomic E-state index is 13.0. The van der Waals surface area contributed by atoms with Gasteiger partial charge in [-0.3, -0.25) is 4.90 Å². The van der Waals surface area contributed by atoms with Gasteiger partial charge in [0.05, 0.1) is 12.0 Å². The van der Waals surface area contributed by atoms with E-state index in [1.807, 2.05) is 30.3 Å². The van der Waals surface area contributed by atoms with Crippen molar-refractivity contribution in [1.82, 2.24) is 9.21 Å². The van der Waals surface area contributed by atoms with E-state index in [1.54, 1.807) is 17.5 Å². The van der Waals surface area contributed by atoms with Gasteiger partial charge >= 0.3 is 0 Å². The van der Waals surface area contributed by atoms with E-state index in [2.05, 4.69) is 11.0 Å². The number of sulfonamides is 1. The van der Waals surface area contributed by atoms with Gasteiger partial charge in [0.25, 0.3) is 0 Å². The van der Waals surface area contributed by atoms with Crippen molar-refractivity contribution in [2.24, 2.45) is 0 Å². The fourth-order valence-electron chi connectivity index (χ4n) is 4.06. The normalized spacial score (nSPS) is 18.4. The average Bonchev–Trinajstić information content (AvgIpc) is 3.17. The molecule has 0 spiro atoms. The molecule has 0 amide bonds. The topological polar surface area (TPSA) is 49.9 Å². The van der Waals surface area contributed by atoms with Crippen LogP contribution in [0.3, 0.4) is 0 Å². The van der Waals surface area contributed by atoms with Crippen LogP contribution >= 0.6 is 0 Å². The Kier molecular flexibility index (Phi) is 5.21. The molecule has 144 valence electrons. The maximum Gasteiger partial charge on any atom is 0.243 e. The number of aryl methyl sites for hydroxylation is 2. The van der Waals surface area contributed by atoms with Gasteiger partial charge in [0, 0.05) is 38.3 Å². The van der Waals surface area contributed by atoms with Crippen molar-refractivity contribution in [3.63, 3.8) is 0 Å². The Balaban J connectivity index is 1.42. The van der Waals surface area contributed by atoms with Crippen molar-refractivity contribution in [2.75, 3.05) is 33.3 Å². The van der Waals surface area contributed by atoms with Gasteiger partial charge in [0.15, 0.2) is 0 Å². The summed E-state index contributed by atoms with van der Waals surface area (Å²) in [5.74, 6) is 0.880. The van der Waals surface area contributed by atoms with Gasteiger partial charge in [-0.25, -0.2) is 8.42 Å². The zero-order valence-corrected chi connectivity index (χ0v) is 16.5. The van der Waals surface area contributed by atoms with E-state index in [4.69, 9.17) is 4.74 Å². The summed E-state index contributed by atoms with van der Waals surface area (Å²) >= 11 is 0. The highest BCUT2D eigenvalue weighted by Gasteiger charge is 2.29. The Morgan fingerprint density at radius 3 is 2.48 bits per heavy atom. The number of methoxy groups -OCH3 is 1. The number of nitrogens with zero attached hydrogens (tertiary/aromatic N) is 2. The molecule has 0 N–H and O–H groups in total. The summed E-state index contributed by atoms with van der Waals surface area (Å²) in [7, 11) is -1.73. The first-order valence-corrected chi connectivity index (χ1v) is 11.0. The van der Waals surface area contributed by atoms with Crippen LogP contribution in [0.1, 0.15) is 23.1 Å². The third kappa shape index (κ3) is 3.74. The van der Waals surface area contributed by atoms with Gasteiger partial charge in [-0.15, -0.1) is 0 Å². The van der Waals surface area contributed by atoms with Gasteiger partial charge in [-0.2, -0.15) is 4.31 Å². The fraction of sp³-hybridized carbons (Fsp3) is 0.429. The highest BCUT2D eigenvalue weighted by atomic mass is 32.2. The molecule has 0 radical (unpaired) electrons. The summed E-state index contributed by atoms with van der Waals surface area (Å²) in [6.07, 6.45) is 3.18. The highest BCUT2D eigenvalue weighted by molar-refractivity contribution is 7.89. The maximum atomic E-state index is 13.0. The number of benzene rings is 2. The van der Waals surface area contributed by atoms with Crippen LogP contribution in [0.2, 0.25) is 0 Å². The van der Waals surface area contributed by atoms with E-state index in [-0.39, 0.29) is 0 Å². The van der Waals surface area contributed by atoms with Crippen molar-refractivity contribution >= 4 is 10.0 Å². The minimum Gasteiger partial charge on any atom is -0.496 e. The molecule has 2 aromatic rings. The van der Waals surface area contributed by atoms with Crippen LogP contribution in [0, 0.1) is 0 Å². The van der Waals surface area contributed by atoms with Crippen LogP contribution in [0.5, 0.6) is 5.75 Å². The molecule has 4 rings (SSSR count). The monoisotopic (exact) mass is 386 g/mol. The van der Waals surface area contributed by atoms with Crippen LogP contribution in [0.25, 0.3) is 0 Å². The van der Waals surface area contributed by atoms with Crippen molar-refractivity contribution in [3.8, 4) is 5.75 Å². The first-order valence-electron chi connectivity index (χ1n) is 9.54. The Labute approximate surface area is 161 Å². The summed E-state index contributed by atoms with van der Waals surface area (Å²) in [6, 6.07) is 13.7. The molecule has 6 heteroatoms. The van der Waals surface area contributed by atoms with E-state index < -0.39 is 10.0 Å². The van der Waals surface area contributed by atoms with Crippen molar-refractivity contribution in [3.05, 3.63) is 59.2 Å². The summed E-state index contributed by atoms with van der Waals surface area (Å²) in [6.45, 7) is 3.27. The van der Waals surface area contributed by atoms with Crippen molar-refractivity contribution in [2.45, 2.75) is 30.7 Å². The SMILES string of the molecule is COc1ccccc1CN1CCN(S(=O)(=O)c2ccc3c(c2)CCC3)CC1. The first kappa shape index (κ1) is 18.5. The van der Waals surface area contributed by atoms with E-state index in [0.717, 1.165) is 50.2 Å². The second-order valence-electron chi connectivity index (χ2n) is 7.28. The quantitative estimate of drug-likeness (QED) is 0.793. The second kappa shape index (κ2) is 7.62. The van der Waals surface area contributed by atoms with Gasteiger partial charge in [-0.05, 0) is 48.6 Å². The van der Waals surface area contributed by atoms with Gasteiger partial charge < -0.3 is 4.74 Å². The van der Waals surface area contributed by atoms with E-state index >= 15 is 0 Å². The lowest BCUT2D eigenvalue weighted by molar-refractivity contribution is 0.180. The molecule has 1 heterocycles. The van der Waals surface area contributed by atoms with Crippen molar-refractivity contribution < 1.29 is 13.2 Å². The summed E-state index contributed by atoms with van der Waals surface area (Å²) in [5, 5.41) is 0. The number of para-hydroxylation sites is 1. The van der Waals surface area contributed by atoms with Gasteiger partial charge in [-0.1, -0.05) is 24.3 Å². The molecule has 0 unspecified atom stereocenters. The minimum absolute atomic E-state index is 0.446. The van der Waals surface area contributed by atoms with E-state index in [0.29, 0.717) is 18.0 Å². The molecule has 27 heavy (non-hydrogen) atoms. The van der Waals surface area contributed by atoms with Crippen LogP contribution < -0.4 is 4.74 Å². The van der Waals surface area contributed by atoms with Crippen LogP contribution in [-0.2, 0) is 29.4 Å². The van der Waals surface area contributed by atoms with Crippen LogP contribution in [0.15, 0.2) is 47.4 Å². The van der Waals surface area contributed by atoms with Crippen LogP contribution in [-0.4, -0.2) is 50.9 Å². The number of hydrogen-bond donors (Lipinski definition) is 0. The molecule has 2 aromatic carbocycles. The Bertz CT molecular complexity index is 919. The highest BCUT2D eigenvalue weighted by Crippen LogP contribution is 2.27. The number of fused-ring (bicyclic) bond motifs is 1. The third-order valence-corrected chi connectivity index (χ3v) is 7.52. The summed E-state index contributed by atoms with van der Waals surface area (Å²) < 4.78 is 33.1. The first-order chi connectivity index (χ1) is 13.1. The van der Waals surface area contributed by atoms with E-state index in [1.165, 1.54) is 11.1 Å². The predicted molar refractivity (Wildman–Crippen MR) is 105 cm³/mol. The molecule has 1 aliphatic carbocycles. The molecule has 0 saturated carbocycles. The van der Waals surface area contributed by atoms with Crippen LogP contribution in [0.4, 0.5) is 0 Å². The minimum atomic E-state index is -3.41. The molecular formula is C21H26N2O3S. The number of hydrogen-bond acceptors (Lipinski definition) is 4. The summed E-state index contributed by atoms with van der Waals surface area (Å²) in [4.78, 5) is 2.73. The smallest absolute Gasteiger partial charge is 0.243 e. The molecule has 5 nitrogen and oxygen atoms in total. The Morgan fingerprint density at radius 2 is 1.70 bits per heavy atom. The third-order valence-electron chi connectivity index (χ3n) is 5.63. The lowest BCUT2D eigenvalue weighted by Crippen LogP contribution is -2.48. The standard InChI is InChI=1S/C21H26N2O3S/c1-26-21-8-3-2-5-19(21)16-22-11-13-23(14-12-22)27(24,25)20-10-9-17-6-4-7-18(17)15-20/h2-3,5,8-10,15H,4,6-7,11-14,16H2,1H3. The average molecular weight is 387 g/mol. The van der Waals surface area contributed by atoms with E-state index in [9.17, 15) is 8.42 Å². The largest absolute Gasteiger partial charge is 0.496 e. The molecule has 2 aliphatic rings. The molecule has 0 bridgehead atoms. The van der Waals surface area contributed by atoms with Crippen molar-refractivity contribution in [1.29, 1.82) is 0 Å². The fourth-order valence-corrected chi connectivity index (χ4v) is 5.53.